The van der Waals surface area contributed by atoms with E-state index in [0.29, 0.717) is 20.9 Å². The summed E-state index contributed by atoms with van der Waals surface area (Å²) >= 11 is 4.68. The summed E-state index contributed by atoms with van der Waals surface area (Å²) in [6.45, 7) is 1.47. The van der Waals surface area contributed by atoms with E-state index in [2.05, 4.69) is 38.4 Å². The summed E-state index contributed by atoms with van der Waals surface area (Å²) in [5, 5.41) is 22.1. The smallest absolute Gasteiger partial charge is 0.352 e. The van der Waals surface area contributed by atoms with Gasteiger partial charge in [-0.15, -0.1) is 23.1 Å². The lowest BCUT2D eigenvalue weighted by Crippen LogP contribution is -2.71. The van der Waals surface area contributed by atoms with E-state index < -0.39 is 52.9 Å². The number of aromatic nitrogens is 1. The number of benzene rings is 5. The van der Waals surface area contributed by atoms with E-state index in [1.165, 1.54) is 34.9 Å². The molecule has 1 saturated heterocycles. The number of oxime groups is 1. The van der Waals surface area contributed by atoms with Crippen LogP contribution in [0.3, 0.4) is 0 Å². The van der Waals surface area contributed by atoms with Gasteiger partial charge in [0.1, 0.15) is 28.3 Å². The van der Waals surface area contributed by atoms with E-state index in [-0.39, 0.29) is 17.1 Å². The highest BCUT2D eigenvalue weighted by molar-refractivity contribution is 14.1. The Kier molecular flexibility index (Phi) is 13.3. The summed E-state index contributed by atoms with van der Waals surface area (Å²) in [5.41, 5.74) is 3.73. The zero-order valence-corrected chi connectivity index (χ0v) is 37.5. The fraction of sp³-hybridized carbons (Fsp3) is 0.167. The summed E-state index contributed by atoms with van der Waals surface area (Å²) in [4.78, 5) is 65.8. The van der Waals surface area contributed by atoms with Gasteiger partial charge in [0.15, 0.2) is 16.9 Å². The second-order valence-electron chi connectivity index (χ2n) is 14.6. The summed E-state index contributed by atoms with van der Waals surface area (Å²) in [6.07, 6.45) is -2.03. The number of amides is 2. The first-order chi connectivity index (χ1) is 30.7. The van der Waals surface area contributed by atoms with Gasteiger partial charge in [-0.1, -0.05) is 179 Å². The number of esters is 1. The number of carboxylic acids is 1. The van der Waals surface area contributed by atoms with Crippen molar-refractivity contribution in [3.05, 3.63) is 202 Å². The fourth-order valence-electron chi connectivity index (χ4n) is 7.55. The number of aliphatic carboxylic acids is 1. The molecule has 63 heavy (non-hydrogen) atoms. The van der Waals surface area contributed by atoms with Crippen LogP contribution in [-0.2, 0) is 34.3 Å². The van der Waals surface area contributed by atoms with Gasteiger partial charge in [-0.25, -0.2) is 14.6 Å². The minimum atomic E-state index is -1.29. The molecule has 6 aromatic rings. The Labute approximate surface area is 385 Å². The minimum absolute atomic E-state index is 0.0635. The molecule has 12 nitrogen and oxygen atoms in total. The largest absolute Gasteiger partial charge is 0.477 e. The summed E-state index contributed by atoms with van der Waals surface area (Å²) in [7, 11) is 0. The molecule has 1 fully saturated rings. The number of thiazole rings is 1. The molecular weight excluding hydrogens is 950 g/mol. The molecule has 0 bridgehead atoms. The zero-order valence-electron chi connectivity index (χ0n) is 33.7. The highest BCUT2D eigenvalue weighted by Crippen LogP contribution is 2.42. The first-order valence-electron chi connectivity index (χ1n) is 19.9. The molecule has 5 aromatic carbocycles. The number of thioether (sulfide) groups is 1. The van der Waals surface area contributed by atoms with Gasteiger partial charge in [0.05, 0.1) is 0 Å². The van der Waals surface area contributed by atoms with Crippen LogP contribution >= 0.6 is 45.7 Å². The molecule has 0 aliphatic carbocycles. The van der Waals surface area contributed by atoms with Gasteiger partial charge in [-0.2, -0.15) is 0 Å². The highest BCUT2D eigenvalue weighted by atomic mass is 127. The number of anilines is 1. The molecule has 3 atom stereocenters. The Balaban J connectivity index is 1.12. The Morgan fingerprint density at radius 2 is 1.35 bits per heavy atom. The number of halogens is 1. The molecule has 0 spiro atoms. The maximum absolute atomic E-state index is 14.4. The topological polar surface area (TPSA) is 160 Å². The predicted molar refractivity (Wildman–Crippen MR) is 251 cm³/mol. The SMILES string of the molecule is C[C@H](ON=C(C(=O)NC1C(=O)N2C(C(=O)O)=C(CI)CS[C@@H]12)c1csc(NC(c2ccccc2)(c2ccccc2)c2ccccc2)n1)C(=O)OC(c1ccccc1)c1ccccc1. The molecular formula is C48H40IN5O7S2. The van der Waals surface area contributed by atoms with Crippen LogP contribution in [0.15, 0.2) is 173 Å². The second-order valence-corrected chi connectivity index (χ2v) is 17.3. The Hall–Kier alpha value is -6.30. The van der Waals surface area contributed by atoms with Crippen molar-refractivity contribution in [1.82, 2.24) is 15.2 Å². The third kappa shape index (κ3) is 8.99. The maximum atomic E-state index is 14.4. The molecule has 1 unspecified atom stereocenters. The van der Waals surface area contributed by atoms with Gasteiger partial charge in [-0.3, -0.25) is 14.5 Å². The number of hydrogen-bond donors (Lipinski definition) is 3. The number of carbonyl (C=O) groups excluding carboxylic acids is 3. The summed E-state index contributed by atoms with van der Waals surface area (Å²) in [6, 6.07) is 47.4. The van der Waals surface area contributed by atoms with E-state index in [1.807, 2.05) is 152 Å². The van der Waals surface area contributed by atoms with Crippen molar-refractivity contribution in [2.45, 2.75) is 36.1 Å². The standard InChI is InChI=1S/C48H40IN5O7S2/c1-30(46(59)60-41(31-17-7-2-8-18-31)32-19-9-3-10-20-32)61-53-38(42(55)51-39-43(56)54-40(45(57)58)33(27-49)28-62-44(39)54)37-29-63-47(50-37)52-48(34-21-11-4-12-22-34,35-23-13-5-14-24-35)36-25-15-6-16-26-36/h2-26,29-30,39,41,44H,27-28H2,1H3,(H,50,52)(H,51,55)(H,57,58)/t30-,39?,44-/m0/s1. The van der Waals surface area contributed by atoms with Crippen LogP contribution in [0.4, 0.5) is 5.13 Å². The molecule has 2 amide bonds. The summed E-state index contributed by atoms with van der Waals surface area (Å²) in [5.74, 6) is -2.93. The maximum Gasteiger partial charge on any atom is 0.352 e. The molecule has 1 aromatic heterocycles. The highest BCUT2D eigenvalue weighted by Gasteiger charge is 2.54. The number of rotatable bonds is 16. The first kappa shape index (κ1) is 43.4. The number of carbonyl (C=O) groups is 4. The van der Waals surface area contributed by atoms with E-state index in [4.69, 9.17) is 14.6 Å². The van der Waals surface area contributed by atoms with Crippen molar-refractivity contribution >= 4 is 80.3 Å². The number of nitrogens with one attached hydrogen (secondary N) is 2. The van der Waals surface area contributed by atoms with Crippen LogP contribution in [0.2, 0.25) is 0 Å². The molecule has 15 heteroatoms. The van der Waals surface area contributed by atoms with Crippen molar-refractivity contribution < 1.29 is 33.9 Å². The average Bonchev–Trinajstić information content (AvgIpc) is 3.80. The van der Waals surface area contributed by atoms with Gasteiger partial charge < -0.3 is 25.3 Å². The predicted octanol–water partition coefficient (Wildman–Crippen LogP) is 8.16. The van der Waals surface area contributed by atoms with Crippen molar-refractivity contribution in [1.29, 1.82) is 0 Å². The summed E-state index contributed by atoms with van der Waals surface area (Å²) < 4.78 is 6.45. The first-order valence-corrected chi connectivity index (χ1v) is 23.4. The van der Waals surface area contributed by atoms with Crippen molar-refractivity contribution in [2.75, 3.05) is 15.5 Å². The van der Waals surface area contributed by atoms with E-state index in [1.54, 1.807) is 5.38 Å². The molecule has 318 valence electrons. The van der Waals surface area contributed by atoms with E-state index >= 15 is 0 Å². The number of fused-ring (bicyclic) bond motifs is 1. The Morgan fingerprint density at radius 3 is 1.84 bits per heavy atom. The molecule has 2 aliphatic heterocycles. The lowest BCUT2D eigenvalue weighted by atomic mass is 9.77. The van der Waals surface area contributed by atoms with Crippen molar-refractivity contribution in [2.24, 2.45) is 5.16 Å². The quantitative estimate of drug-likeness (QED) is 0.0164. The molecule has 2 aliphatic rings. The third-order valence-corrected chi connectivity index (χ3v) is 13.7. The van der Waals surface area contributed by atoms with Crippen molar-refractivity contribution in [3.63, 3.8) is 0 Å². The zero-order chi connectivity index (χ0) is 43.9. The second kappa shape index (κ2) is 19.4. The lowest BCUT2D eigenvalue weighted by molar-refractivity contribution is -0.160. The molecule has 0 saturated carbocycles. The number of β-lactam (4-membered cyclic amide) rings is 1. The van der Waals surface area contributed by atoms with Crippen molar-refractivity contribution in [3.8, 4) is 0 Å². The van der Waals surface area contributed by atoms with Gasteiger partial charge in [0.2, 0.25) is 6.10 Å². The lowest BCUT2D eigenvalue weighted by Gasteiger charge is -2.49. The number of hydrogen-bond acceptors (Lipinski definition) is 11. The van der Waals surface area contributed by atoms with Crippen LogP contribution in [0, 0.1) is 0 Å². The van der Waals surface area contributed by atoms with Crippen LogP contribution < -0.4 is 10.6 Å². The minimum Gasteiger partial charge on any atom is -0.477 e. The van der Waals surface area contributed by atoms with Gasteiger partial charge >= 0.3 is 11.9 Å². The molecule has 8 rings (SSSR count). The molecule has 3 N–H and O–H groups in total. The van der Waals surface area contributed by atoms with Crippen LogP contribution in [0.5, 0.6) is 0 Å². The Bertz CT molecular complexity index is 2520. The van der Waals surface area contributed by atoms with E-state index in [9.17, 15) is 24.3 Å². The average molecular weight is 990 g/mol. The number of nitrogens with zero attached hydrogens (tertiary/aromatic N) is 3. The third-order valence-electron chi connectivity index (χ3n) is 10.6. The van der Waals surface area contributed by atoms with Gasteiger partial charge in [0, 0.05) is 15.6 Å². The van der Waals surface area contributed by atoms with Crippen LogP contribution in [0.25, 0.3) is 0 Å². The van der Waals surface area contributed by atoms with Crippen LogP contribution in [0.1, 0.15) is 46.5 Å². The Morgan fingerprint density at radius 1 is 0.841 bits per heavy atom. The monoisotopic (exact) mass is 989 g/mol. The van der Waals surface area contributed by atoms with Gasteiger partial charge in [0.25, 0.3) is 11.8 Å². The fourth-order valence-corrected chi connectivity index (χ4v) is 10.6. The van der Waals surface area contributed by atoms with Crippen LogP contribution in [-0.4, -0.2) is 72.2 Å². The number of carboxylic acid groups (broad SMARTS) is 1. The van der Waals surface area contributed by atoms with E-state index in [0.717, 1.165) is 27.8 Å². The van der Waals surface area contributed by atoms with Gasteiger partial charge in [-0.05, 0) is 40.3 Å². The molecule has 0 radical (unpaired) electrons. The number of ether oxygens (including phenoxy) is 1. The number of alkyl halides is 1. The molecule has 3 heterocycles. The normalized spacial score (nSPS) is 16.7.